The molecule has 2 N–H and O–H groups in total. The number of phenolic OH excluding ortho intramolecular Hbond substituents is 1. The van der Waals surface area contributed by atoms with Crippen LogP contribution in [0.2, 0.25) is 10.0 Å². The first-order valence-corrected chi connectivity index (χ1v) is 19.4. The Morgan fingerprint density at radius 2 is 1.71 bits per heavy atom. The molecular formula is C39H41Cl2F2N3O8S. The number of phenols is 1. The summed E-state index contributed by atoms with van der Waals surface area (Å²) in [7, 11) is 2.07. The van der Waals surface area contributed by atoms with Gasteiger partial charge in [0.2, 0.25) is 0 Å². The van der Waals surface area contributed by atoms with Gasteiger partial charge in [-0.15, -0.1) is 11.3 Å². The van der Waals surface area contributed by atoms with Crippen molar-refractivity contribution in [1.82, 2.24) is 10.2 Å². The van der Waals surface area contributed by atoms with Crippen LogP contribution in [0.1, 0.15) is 69.1 Å². The number of ether oxygens (including phenoxy) is 4. The summed E-state index contributed by atoms with van der Waals surface area (Å²) >= 11 is 13.9. The number of likely N-dealkylation sites (tertiary alicyclic amines) is 1. The van der Waals surface area contributed by atoms with E-state index in [-0.39, 0.29) is 51.1 Å². The predicted octanol–water partition coefficient (Wildman–Crippen LogP) is 7.64. The Morgan fingerprint density at radius 1 is 0.982 bits per heavy atom. The van der Waals surface area contributed by atoms with E-state index >= 15 is 0 Å². The van der Waals surface area contributed by atoms with Crippen LogP contribution in [-0.4, -0.2) is 61.9 Å². The second-order valence-electron chi connectivity index (χ2n) is 13.8. The zero-order valence-electron chi connectivity index (χ0n) is 29.9. The summed E-state index contributed by atoms with van der Waals surface area (Å²) in [5, 5.41) is 25.4. The summed E-state index contributed by atoms with van der Waals surface area (Å²) in [5.41, 5.74) is 1.25. The monoisotopic (exact) mass is 819 g/mol. The predicted molar refractivity (Wildman–Crippen MR) is 202 cm³/mol. The van der Waals surface area contributed by atoms with Crippen LogP contribution in [0, 0.1) is 17.0 Å². The molecule has 0 bridgehead atoms. The number of esters is 2. The van der Waals surface area contributed by atoms with Gasteiger partial charge in [0.15, 0.2) is 23.9 Å². The van der Waals surface area contributed by atoms with Crippen LogP contribution < -0.4 is 19.5 Å². The SMILES string of the molecule is CN1CCC(COC(=O)C(NCc2ccc(C(=O)O[C@@H](Cc3c(Cl)c[n+]([O-])cc3Cl)c3ccc(OC(F)F)c(OCC4CC4)c3)s2)c2cccc(O)c2)CC1. The second-order valence-corrected chi connectivity index (χ2v) is 15.8. The third-order valence-electron chi connectivity index (χ3n) is 9.51. The van der Waals surface area contributed by atoms with Gasteiger partial charge in [-0.1, -0.05) is 41.4 Å². The minimum Gasteiger partial charge on any atom is -0.619 e. The van der Waals surface area contributed by atoms with E-state index in [9.17, 15) is 28.7 Å². The molecule has 2 atom stereocenters. The molecule has 0 radical (unpaired) electrons. The number of hydrogen-bond acceptors (Lipinski definition) is 11. The molecule has 3 heterocycles. The summed E-state index contributed by atoms with van der Waals surface area (Å²) in [6, 6.07) is 13.1. The van der Waals surface area contributed by atoms with Gasteiger partial charge in [0.05, 0.1) is 13.2 Å². The molecule has 2 aromatic carbocycles. The molecule has 1 saturated carbocycles. The van der Waals surface area contributed by atoms with Crippen molar-refractivity contribution < 1.29 is 47.2 Å². The number of benzene rings is 2. The highest BCUT2D eigenvalue weighted by Crippen LogP contribution is 2.38. The highest BCUT2D eigenvalue weighted by atomic mass is 35.5. The number of halogens is 4. The third kappa shape index (κ3) is 11.4. The van der Waals surface area contributed by atoms with Crippen LogP contribution in [0.5, 0.6) is 17.2 Å². The van der Waals surface area contributed by atoms with Crippen LogP contribution in [0.4, 0.5) is 8.78 Å². The first-order chi connectivity index (χ1) is 26.4. The van der Waals surface area contributed by atoms with Crippen molar-refractivity contribution >= 4 is 46.5 Å². The van der Waals surface area contributed by atoms with Crippen molar-refractivity contribution in [3.63, 3.8) is 0 Å². The highest BCUT2D eigenvalue weighted by molar-refractivity contribution is 7.13. The Labute approximate surface area is 331 Å². The van der Waals surface area contributed by atoms with Crippen LogP contribution in [-0.2, 0) is 27.2 Å². The molecule has 2 aliphatic rings. The second kappa shape index (κ2) is 18.6. The number of aromatic nitrogens is 1. The summed E-state index contributed by atoms with van der Waals surface area (Å²) < 4.78 is 49.3. The molecule has 2 aromatic heterocycles. The number of carbonyl (C=O) groups excluding carboxylic acids is 2. The maximum Gasteiger partial charge on any atom is 0.387 e. The quantitative estimate of drug-likeness (QED) is 0.0622. The van der Waals surface area contributed by atoms with E-state index in [1.165, 1.54) is 30.3 Å². The van der Waals surface area contributed by atoms with Gasteiger partial charge in [0.25, 0.3) is 0 Å². The van der Waals surface area contributed by atoms with Crippen molar-refractivity contribution in [2.45, 2.75) is 57.4 Å². The van der Waals surface area contributed by atoms with Gasteiger partial charge in [-0.25, -0.2) is 9.59 Å². The number of thiophene rings is 1. The lowest BCUT2D eigenvalue weighted by atomic mass is 9.98. The molecular weight excluding hydrogens is 779 g/mol. The minimum atomic E-state index is -3.09. The smallest absolute Gasteiger partial charge is 0.387 e. The standard InChI is InChI=1S/C39H41Cl2F2N3O8S/c1-45-13-11-24(12-14-45)22-52-38(49)36(26-3-2-4-27(47)15-26)44-18-28-8-10-35(55-28)37(48)53-33(17-29-30(40)19-46(50)20-31(29)41)25-7-9-32(54-39(42)43)34(16-25)51-21-23-5-6-23/h2-4,7-10,15-16,19-20,23-24,33,36,39,44,47H,5-6,11-14,17-18,21-22H2,1H3/t33-,36?/m0/s1. The van der Waals surface area contributed by atoms with Gasteiger partial charge in [-0.2, -0.15) is 13.5 Å². The Morgan fingerprint density at radius 3 is 2.40 bits per heavy atom. The zero-order chi connectivity index (χ0) is 39.1. The van der Waals surface area contributed by atoms with Crippen LogP contribution in [0.3, 0.4) is 0 Å². The fourth-order valence-corrected chi connectivity index (χ4v) is 7.63. The Kier molecular flexibility index (Phi) is 13.7. The van der Waals surface area contributed by atoms with Gasteiger partial charge >= 0.3 is 18.6 Å². The molecule has 1 saturated heterocycles. The molecule has 16 heteroatoms. The third-order valence-corrected chi connectivity index (χ3v) is 11.2. The maximum atomic E-state index is 13.7. The topological polar surface area (TPSA) is 134 Å². The van der Waals surface area contributed by atoms with E-state index in [1.807, 2.05) is 0 Å². The molecule has 0 amide bonds. The Hall–Kier alpha value is -4.21. The van der Waals surface area contributed by atoms with E-state index in [1.54, 1.807) is 24.3 Å². The average Bonchev–Trinajstić information content (AvgIpc) is 3.86. The first-order valence-electron chi connectivity index (χ1n) is 17.9. The Bertz CT molecular complexity index is 1930. The largest absolute Gasteiger partial charge is 0.619 e. The Balaban J connectivity index is 1.19. The van der Waals surface area contributed by atoms with Gasteiger partial charge in [0.1, 0.15) is 32.8 Å². The average molecular weight is 821 g/mol. The maximum absolute atomic E-state index is 13.7. The molecule has 1 unspecified atom stereocenters. The lowest BCUT2D eigenvalue weighted by Crippen LogP contribution is -2.34. The summed E-state index contributed by atoms with van der Waals surface area (Å²) in [6.45, 7) is -0.422. The number of hydrogen-bond donors (Lipinski definition) is 2. The van der Waals surface area contributed by atoms with E-state index in [4.69, 9.17) is 42.1 Å². The number of alkyl halides is 2. The first kappa shape index (κ1) is 40.5. The molecule has 1 aliphatic carbocycles. The minimum absolute atomic E-state index is 0.00575. The van der Waals surface area contributed by atoms with E-state index in [0.29, 0.717) is 45.4 Å². The molecule has 1 aliphatic heterocycles. The number of rotatable bonds is 17. The lowest BCUT2D eigenvalue weighted by molar-refractivity contribution is -0.605. The fourth-order valence-electron chi connectivity index (χ4n) is 6.19. The van der Waals surface area contributed by atoms with Gasteiger partial charge < -0.3 is 34.2 Å². The van der Waals surface area contributed by atoms with Crippen LogP contribution in [0.15, 0.2) is 67.0 Å². The van der Waals surface area contributed by atoms with Crippen LogP contribution >= 0.6 is 34.5 Å². The lowest BCUT2D eigenvalue weighted by Gasteiger charge is -2.29. The van der Waals surface area contributed by atoms with E-state index in [2.05, 4.69) is 17.3 Å². The highest BCUT2D eigenvalue weighted by Gasteiger charge is 2.29. The van der Waals surface area contributed by atoms with Crippen LogP contribution in [0.25, 0.3) is 0 Å². The summed E-state index contributed by atoms with van der Waals surface area (Å²) in [4.78, 5) is 30.3. The van der Waals surface area contributed by atoms with Crippen molar-refractivity contribution in [2.24, 2.45) is 11.8 Å². The van der Waals surface area contributed by atoms with Crippen molar-refractivity contribution in [1.29, 1.82) is 0 Å². The molecule has 11 nitrogen and oxygen atoms in total. The normalized spacial score (nSPS) is 16.1. The number of nitrogens with one attached hydrogen (secondary N) is 1. The number of aromatic hydroxyl groups is 1. The van der Waals surface area contributed by atoms with Gasteiger partial charge in [0, 0.05) is 23.4 Å². The summed E-state index contributed by atoms with van der Waals surface area (Å²) in [5.74, 6) is -0.700. The number of nitrogens with zero attached hydrogens (tertiary/aromatic N) is 2. The van der Waals surface area contributed by atoms with Gasteiger partial charge in [-0.05, 0) is 105 Å². The van der Waals surface area contributed by atoms with Crippen molar-refractivity contribution in [3.05, 3.63) is 109 Å². The molecule has 2 fully saturated rings. The number of piperidine rings is 1. The zero-order valence-corrected chi connectivity index (χ0v) is 32.3. The molecule has 6 rings (SSSR count). The molecule has 55 heavy (non-hydrogen) atoms. The molecule has 294 valence electrons. The number of carbonyl (C=O) groups is 2. The summed E-state index contributed by atoms with van der Waals surface area (Å²) in [6.07, 6.45) is 4.93. The van der Waals surface area contributed by atoms with Gasteiger partial charge in [-0.3, -0.25) is 5.32 Å². The molecule has 0 spiro atoms. The molecule has 4 aromatic rings. The van der Waals surface area contributed by atoms with E-state index in [0.717, 1.165) is 62.5 Å². The van der Waals surface area contributed by atoms with Crippen molar-refractivity contribution in [2.75, 3.05) is 33.4 Å². The number of pyridine rings is 1. The van der Waals surface area contributed by atoms with Crippen molar-refractivity contribution in [3.8, 4) is 17.2 Å². The van der Waals surface area contributed by atoms with E-state index < -0.39 is 30.7 Å². The fraction of sp³-hybridized carbons (Fsp3) is 0.410.